The minimum absolute atomic E-state index is 0.165. The van der Waals surface area contributed by atoms with Gasteiger partial charge in [0.05, 0.1) is 0 Å². The van der Waals surface area contributed by atoms with E-state index in [4.69, 9.17) is 4.74 Å². The highest BCUT2D eigenvalue weighted by atomic mass is 79.9. The number of alkyl halides is 2. The van der Waals surface area contributed by atoms with Gasteiger partial charge in [0.25, 0.3) is 0 Å². The van der Waals surface area contributed by atoms with Gasteiger partial charge in [0.2, 0.25) is 0 Å². The highest BCUT2D eigenvalue weighted by Gasteiger charge is 2.18. The Kier molecular flexibility index (Phi) is 7.61. The molecule has 0 aliphatic heterocycles. The van der Waals surface area contributed by atoms with Gasteiger partial charge in [-0.2, -0.15) is 0 Å². The van der Waals surface area contributed by atoms with Crippen molar-refractivity contribution in [3.8, 4) is 0 Å². The SMILES string of the molecule is CC(C)(C)OC(=O)NC(CCBr)CCBr. The Bertz CT molecular complexity index is 186. The zero-order valence-electron chi connectivity index (χ0n) is 9.48. The summed E-state index contributed by atoms with van der Waals surface area (Å²) in [7, 11) is 0. The average molecular weight is 345 g/mol. The molecule has 0 aromatic rings. The van der Waals surface area contributed by atoms with E-state index in [9.17, 15) is 4.79 Å². The van der Waals surface area contributed by atoms with Crippen LogP contribution in [0.3, 0.4) is 0 Å². The molecule has 0 rings (SSSR count). The lowest BCUT2D eigenvalue weighted by Crippen LogP contribution is -2.39. The van der Waals surface area contributed by atoms with Gasteiger partial charge in [-0.25, -0.2) is 4.79 Å². The van der Waals surface area contributed by atoms with Crippen molar-refractivity contribution in [1.82, 2.24) is 5.32 Å². The Morgan fingerprint density at radius 1 is 1.27 bits per heavy atom. The number of hydrogen-bond donors (Lipinski definition) is 1. The van der Waals surface area contributed by atoms with Crippen LogP contribution in [-0.4, -0.2) is 28.4 Å². The Morgan fingerprint density at radius 3 is 2.07 bits per heavy atom. The predicted octanol–water partition coefficient (Wildman–Crippen LogP) is 3.45. The standard InChI is InChI=1S/C10H19Br2NO2/c1-10(2,3)15-9(14)13-8(4-6-11)5-7-12/h8H,4-7H2,1-3H3,(H,13,14). The Balaban J connectivity index is 3.99. The molecular formula is C10H19Br2NO2. The van der Waals surface area contributed by atoms with Crippen LogP contribution in [0.5, 0.6) is 0 Å². The molecule has 5 heteroatoms. The molecular weight excluding hydrogens is 326 g/mol. The fourth-order valence-corrected chi connectivity index (χ4v) is 2.13. The summed E-state index contributed by atoms with van der Waals surface area (Å²) in [5, 5.41) is 4.61. The minimum Gasteiger partial charge on any atom is -0.444 e. The lowest BCUT2D eigenvalue weighted by Gasteiger charge is -2.23. The molecule has 0 fully saturated rings. The number of hydrogen-bond acceptors (Lipinski definition) is 2. The Labute approximate surface area is 109 Å². The third kappa shape index (κ3) is 9.18. The molecule has 0 aliphatic carbocycles. The lowest BCUT2D eigenvalue weighted by atomic mass is 10.2. The molecule has 1 amide bonds. The van der Waals surface area contributed by atoms with Crippen LogP contribution in [0.15, 0.2) is 0 Å². The summed E-state index contributed by atoms with van der Waals surface area (Å²) >= 11 is 6.73. The molecule has 0 saturated carbocycles. The first-order valence-electron chi connectivity index (χ1n) is 5.00. The third-order valence-corrected chi connectivity index (χ3v) is 2.55. The van der Waals surface area contributed by atoms with E-state index in [-0.39, 0.29) is 12.1 Å². The zero-order valence-corrected chi connectivity index (χ0v) is 12.7. The normalized spacial score (nSPS) is 11.6. The largest absolute Gasteiger partial charge is 0.444 e. The number of nitrogens with one attached hydrogen (secondary N) is 1. The van der Waals surface area contributed by atoms with Crippen molar-refractivity contribution in [3.63, 3.8) is 0 Å². The van der Waals surface area contributed by atoms with Gasteiger partial charge in [-0.1, -0.05) is 31.9 Å². The lowest BCUT2D eigenvalue weighted by molar-refractivity contribution is 0.0502. The van der Waals surface area contributed by atoms with Crippen molar-refractivity contribution in [2.24, 2.45) is 0 Å². The smallest absolute Gasteiger partial charge is 0.407 e. The summed E-state index contributed by atoms with van der Waals surface area (Å²) < 4.78 is 5.18. The van der Waals surface area contributed by atoms with Crippen molar-refractivity contribution in [1.29, 1.82) is 0 Å². The molecule has 0 aromatic heterocycles. The number of carbonyl (C=O) groups is 1. The summed E-state index contributed by atoms with van der Waals surface area (Å²) in [5.74, 6) is 0. The third-order valence-electron chi connectivity index (χ3n) is 1.64. The quantitative estimate of drug-likeness (QED) is 0.776. The van der Waals surface area contributed by atoms with Crippen molar-refractivity contribution in [2.45, 2.75) is 45.3 Å². The van der Waals surface area contributed by atoms with Gasteiger partial charge in [0.15, 0.2) is 0 Å². The number of rotatable bonds is 5. The first-order valence-corrected chi connectivity index (χ1v) is 7.25. The van der Waals surface area contributed by atoms with Crippen LogP contribution in [-0.2, 0) is 4.74 Å². The molecule has 0 aliphatic rings. The molecule has 3 nitrogen and oxygen atoms in total. The second kappa shape index (κ2) is 7.49. The van der Waals surface area contributed by atoms with E-state index in [0.29, 0.717) is 0 Å². The van der Waals surface area contributed by atoms with Gasteiger partial charge in [-0.05, 0) is 33.6 Å². The Hall–Kier alpha value is 0.230. The van der Waals surface area contributed by atoms with Gasteiger partial charge in [0, 0.05) is 16.7 Å². The summed E-state index contributed by atoms with van der Waals surface area (Å²) in [6, 6.07) is 0.165. The van der Waals surface area contributed by atoms with Gasteiger partial charge in [0.1, 0.15) is 5.60 Å². The number of halogens is 2. The molecule has 15 heavy (non-hydrogen) atoms. The molecule has 0 heterocycles. The molecule has 90 valence electrons. The first-order chi connectivity index (χ1) is 6.89. The molecule has 0 saturated heterocycles. The molecule has 0 radical (unpaired) electrons. The summed E-state index contributed by atoms with van der Waals surface area (Å²) in [6.07, 6.45) is 1.48. The summed E-state index contributed by atoms with van der Waals surface area (Å²) in [4.78, 5) is 11.5. The van der Waals surface area contributed by atoms with Crippen LogP contribution in [0.4, 0.5) is 4.79 Å². The zero-order chi connectivity index (χ0) is 11.9. The van der Waals surface area contributed by atoms with Crippen molar-refractivity contribution < 1.29 is 9.53 Å². The molecule has 1 N–H and O–H groups in total. The first kappa shape index (κ1) is 15.2. The van der Waals surface area contributed by atoms with Crippen LogP contribution in [0.1, 0.15) is 33.6 Å². The van der Waals surface area contributed by atoms with E-state index in [2.05, 4.69) is 37.2 Å². The maximum atomic E-state index is 11.5. The molecule has 0 spiro atoms. The second-order valence-corrected chi connectivity index (χ2v) is 5.88. The van der Waals surface area contributed by atoms with E-state index in [1.165, 1.54) is 0 Å². The van der Waals surface area contributed by atoms with Crippen LogP contribution in [0, 0.1) is 0 Å². The maximum absolute atomic E-state index is 11.5. The molecule has 0 aromatic carbocycles. The van der Waals surface area contributed by atoms with Crippen molar-refractivity contribution in [2.75, 3.05) is 10.7 Å². The van der Waals surface area contributed by atoms with Crippen molar-refractivity contribution >= 4 is 38.0 Å². The molecule has 0 bridgehead atoms. The maximum Gasteiger partial charge on any atom is 0.407 e. The summed E-state index contributed by atoms with van der Waals surface area (Å²) in [6.45, 7) is 5.57. The van der Waals surface area contributed by atoms with Crippen LogP contribution >= 0.6 is 31.9 Å². The van der Waals surface area contributed by atoms with Crippen LogP contribution < -0.4 is 5.32 Å². The average Bonchev–Trinajstić information content (AvgIpc) is 2.00. The number of alkyl carbamates (subject to hydrolysis) is 1. The van der Waals surface area contributed by atoms with Gasteiger partial charge < -0.3 is 10.1 Å². The van der Waals surface area contributed by atoms with Gasteiger partial charge in [-0.3, -0.25) is 0 Å². The Morgan fingerprint density at radius 2 is 1.73 bits per heavy atom. The van der Waals surface area contributed by atoms with E-state index in [0.717, 1.165) is 23.5 Å². The monoisotopic (exact) mass is 343 g/mol. The van der Waals surface area contributed by atoms with Gasteiger partial charge >= 0.3 is 6.09 Å². The molecule has 0 unspecified atom stereocenters. The summed E-state index contributed by atoms with van der Waals surface area (Å²) in [5.41, 5.74) is -0.433. The minimum atomic E-state index is -0.433. The fraction of sp³-hybridized carbons (Fsp3) is 0.900. The van der Waals surface area contributed by atoms with E-state index in [1.54, 1.807) is 0 Å². The van der Waals surface area contributed by atoms with E-state index < -0.39 is 5.60 Å². The highest BCUT2D eigenvalue weighted by Crippen LogP contribution is 2.09. The second-order valence-electron chi connectivity index (χ2n) is 4.30. The van der Waals surface area contributed by atoms with E-state index in [1.807, 2.05) is 20.8 Å². The number of carbonyl (C=O) groups excluding carboxylic acids is 1. The number of amides is 1. The highest BCUT2D eigenvalue weighted by molar-refractivity contribution is 9.09. The fourth-order valence-electron chi connectivity index (χ4n) is 1.03. The van der Waals surface area contributed by atoms with E-state index >= 15 is 0 Å². The predicted molar refractivity (Wildman–Crippen MR) is 70.0 cm³/mol. The number of ether oxygens (including phenoxy) is 1. The topological polar surface area (TPSA) is 38.3 Å². The van der Waals surface area contributed by atoms with Crippen LogP contribution in [0.25, 0.3) is 0 Å². The van der Waals surface area contributed by atoms with Gasteiger partial charge in [-0.15, -0.1) is 0 Å². The van der Waals surface area contributed by atoms with Crippen LogP contribution in [0.2, 0.25) is 0 Å². The van der Waals surface area contributed by atoms with Crippen molar-refractivity contribution in [3.05, 3.63) is 0 Å². The molecule has 0 atom stereocenters.